The number of hydrogen-bond donors (Lipinski definition) is 1. The Bertz CT molecular complexity index is 1430. The fourth-order valence-corrected chi connectivity index (χ4v) is 3.74. The van der Waals surface area contributed by atoms with Gasteiger partial charge in [0.15, 0.2) is 5.78 Å². The molecule has 38 heavy (non-hydrogen) atoms. The van der Waals surface area contributed by atoms with Gasteiger partial charge in [-0.05, 0) is 41.8 Å². The maximum absolute atomic E-state index is 13.3. The lowest BCUT2D eigenvalue weighted by Crippen LogP contribution is -2.15. The number of carbonyl (C=O) groups is 3. The first-order valence-electron chi connectivity index (χ1n) is 11.9. The summed E-state index contributed by atoms with van der Waals surface area (Å²) in [6.45, 7) is 2.21. The van der Waals surface area contributed by atoms with Gasteiger partial charge in [0.05, 0.1) is 5.56 Å². The number of aryl methyl sites for hydroxylation is 1. The molecule has 0 aliphatic heterocycles. The molecule has 1 N–H and O–H groups in total. The fraction of sp³-hybridized carbons (Fsp3) is 0.129. The van der Waals surface area contributed by atoms with Gasteiger partial charge < -0.3 is 19.3 Å². The molecule has 0 saturated heterocycles. The minimum Gasteiger partial charge on any atom is -0.489 e. The zero-order valence-electron chi connectivity index (χ0n) is 20.8. The number of carbonyl (C=O) groups excluding carboxylic acids is 2. The number of benzene rings is 4. The molecule has 0 aliphatic rings. The average molecular weight is 511 g/mol. The normalized spacial score (nSPS) is 10.4. The van der Waals surface area contributed by atoms with Gasteiger partial charge in [-0.3, -0.25) is 9.59 Å². The number of hydrogen-bond acceptors (Lipinski definition) is 6. The molecule has 4 aromatic rings. The highest BCUT2D eigenvalue weighted by atomic mass is 16.5. The van der Waals surface area contributed by atoms with Crippen molar-refractivity contribution in [3.8, 4) is 17.2 Å². The zero-order valence-corrected chi connectivity index (χ0v) is 20.8. The molecular formula is C31H26O7. The monoisotopic (exact) mass is 510 g/mol. The molecule has 0 fully saturated rings. The Labute approximate surface area is 220 Å². The van der Waals surface area contributed by atoms with E-state index in [4.69, 9.17) is 19.3 Å². The van der Waals surface area contributed by atoms with Crippen LogP contribution in [0, 0.1) is 6.92 Å². The lowest BCUT2D eigenvalue weighted by Gasteiger charge is -2.16. The predicted octanol–water partition coefficient (Wildman–Crippen LogP) is 6.03. The summed E-state index contributed by atoms with van der Waals surface area (Å²) in [5.74, 6) is -1.91. The quantitative estimate of drug-likeness (QED) is 0.114. The van der Waals surface area contributed by atoms with Crippen LogP contribution in [0.1, 0.15) is 43.8 Å². The van der Waals surface area contributed by atoms with E-state index in [9.17, 15) is 14.4 Å². The Kier molecular flexibility index (Phi) is 8.51. The molecule has 0 aliphatic carbocycles. The third-order valence-electron chi connectivity index (χ3n) is 5.68. The maximum Gasteiger partial charge on any atom is 0.347 e. The molecule has 0 atom stereocenters. The number of ketones is 1. The van der Waals surface area contributed by atoms with Crippen molar-refractivity contribution in [3.63, 3.8) is 0 Å². The molecule has 0 spiro atoms. The summed E-state index contributed by atoms with van der Waals surface area (Å²) in [6, 6.07) is 28.7. The number of ether oxygens (including phenoxy) is 3. The molecule has 0 bridgehead atoms. The first-order chi connectivity index (χ1) is 18.4. The second kappa shape index (κ2) is 12.4. The highest BCUT2D eigenvalue weighted by molar-refractivity contribution is 6.08. The fourth-order valence-electron chi connectivity index (χ4n) is 3.74. The predicted molar refractivity (Wildman–Crippen MR) is 141 cm³/mol. The number of aliphatic carboxylic acids is 1. The van der Waals surface area contributed by atoms with E-state index in [1.807, 2.05) is 60.7 Å². The van der Waals surface area contributed by atoms with E-state index in [1.165, 1.54) is 6.07 Å². The van der Waals surface area contributed by atoms with Crippen molar-refractivity contribution in [2.75, 3.05) is 0 Å². The molecule has 0 heterocycles. The van der Waals surface area contributed by atoms with E-state index in [0.717, 1.165) is 11.1 Å². The van der Waals surface area contributed by atoms with Crippen molar-refractivity contribution in [1.29, 1.82) is 0 Å². The Morgan fingerprint density at radius 1 is 0.711 bits per heavy atom. The third kappa shape index (κ3) is 6.85. The van der Waals surface area contributed by atoms with E-state index < -0.39 is 24.1 Å². The summed E-state index contributed by atoms with van der Waals surface area (Å²) < 4.78 is 17.6. The Morgan fingerprint density at radius 3 is 1.97 bits per heavy atom. The minimum atomic E-state index is -1.27. The lowest BCUT2D eigenvalue weighted by atomic mass is 10.0. The number of para-hydroxylation sites is 1. The molecule has 0 aromatic heterocycles. The molecule has 192 valence electrons. The van der Waals surface area contributed by atoms with Gasteiger partial charge in [0.25, 0.3) is 0 Å². The number of rotatable bonds is 11. The minimum absolute atomic E-state index is 0.0159. The molecule has 7 nitrogen and oxygen atoms in total. The van der Waals surface area contributed by atoms with Crippen molar-refractivity contribution in [2.24, 2.45) is 0 Å². The van der Waals surface area contributed by atoms with Crippen LogP contribution in [0.25, 0.3) is 0 Å². The van der Waals surface area contributed by atoms with E-state index in [2.05, 4.69) is 0 Å². The van der Waals surface area contributed by atoms with Gasteiger partial charge in [-0.15, -0.1) is 0 Å². The number of Topliss-reactive ketones (excluding diaryl/α,β-unsaturated/α-hetero) is 1. The first kappa shape index (κ1) is 26.2. The lowest BCUT2D eigenvalue weighted by molar-refractivity contribution is -0.135. The molecule has 4 aromatic carbocycles. The maximum atomic E-state index is 13.3. The van der Waals surface area contributed by atoms with Gasteiger partial charge >= 0.3 is 11.9 Å². The summed E-state index contributed by atoms with van der Waals surface area (Å²) >= 11 is 0. The summed E-state index contributed by atoms with van der Waals surface area (Å²) in [5.41, 5.74) is 2.57. The highest BCUT2D eigenvalue weighted by Crippen LogP contribution is 2.30. The van der Waals surface area contributed by atoms with Crippen LogP contribution in [0.4, 0.5) is 0 Å². The van der Waals surface area contributed by atoms with E-state index in [-0.39, 0.29) is 29.2 Å². The zero-order chi connectivity index (χ0) is 26.9. The van der Waals surface area contributed by atoms with Crippen molar-refractivity contribution in [2.45, 2.75) is 26.6 Å². The smallest absolute Gasteiger partial charge is 0.347 e. The van der Waals surface area contributed by atoms with Crippen LogP contribution >= 0.6 is 0 Å². The van der Waals surface area contributed by atoms with E-state index >= 15 is 0 Å². The third-order valence-corrected chi connectivity index (χ3v) is 5.68. The van der Waals surface area contributed by atoms with Crippen LogP contribution in [0.15, 0.2) is 97.1 Å². The van der Waals surface area contributed by atoms with Gasteiger partial charge in [-0.25, -0.2) is 4.79 Å². The number of carboxylic acids is 1. The van der Waals surface area contributed by atoms with Crippen LogP contribution in [0.2, 0.25) is 0 Å². The first-order valence-corrected chi connectivity index (χ1v) is 11.9. The summed E-state index contributed by atoms with van der Waals surface area (Å²) in [7, 11) is 0. The molecular weight excluding hydrogens is 484 g/mol. The van der Waals surface area contributed by atoms with Crippen molar-refractivity contribution >= 4 is 17.7 Å². The van der Waals surface area contributed by atoms with E-state index in [0.29, 0.717) is 17.9 Å². The Hall–Kier alpha value is -4.91. The van der Waals surface area contributed by atoms with Gasteiger partial charge in [0, 0.05) is 6.07 Å². The van der Waals surface area contributed by atoms with Crippen LogP contribution in [0.5, 0.6) is 17.2 Å². The molecule has 0 saturated carbocycles. The average Bonchev–Trinajstić information content (AvgIpc) is 2.92. The van der Waals surface area contributed by atoms with Crippen LogP contribution in [-0.4, -0.2) is 22.8 Å². The second-order valence-corrected chi connectivity index (χ2v) is 8.54. The topological polar surface area (TPSA) is 99.1 Å². The summed E-state index contributed by atoms with van der Waals surface area (Å²) in [5, 5.41) is 9.04. The summed E-state index contributed by atoms with van der Waals surface area (Å²) in [4.78, 5) is 36.9. The van der Waals surface area contributed by atoms with Crippen LogP contribution in [0.3, 0.4) is 0 Å². The molecule has 4 rings (SSSR count). The van der Waals surface area contributed by atoms with Crippen LogP contribution < -0.4 is 14.2 Å². The van der Waals surface area contributed by atoms with Gasteiger partial charge in [0.1, 0.15) is 42.4 Å². The van der Waals surface area contributed by atoms with Crippen molar-refractivity contribution in [1.82, 2.24) is 0 Å². The second-order valence-electron chi connectivity index (χ2n) is 8.54. The van der Waals surface area contributed by atoms with Crippen molar-refractivity contribution < 1.29 is 33.7 Å². The molecule has 0 amide bonds. The molecule has 0 unspecified atom stereocenters. The Balaban J connectivity index is 1.61. The van der Waals surface area contributed by atoms with E-state index in [1.54, 1.807) is 37.3 Å². The largest absolute Gasteiger partial charge is 0.489 e. The Morgan fingerprint density at radius 2 is 1.34 bits per heavy atom. The molecule has 0 radical (unpaired) electrons. The van der Waals surface area contributed by atoms with Crippen molar-refractivity contribution in [3.05, 3.63) is 125 Å². The number of esters is 1. The standard InChI is InChI=1S/C31H26O7/c1-21-9-8-14-25(27(32)18-29(33)34)30(21)38-31(35)26-16-15-24(36-19-22-10-4-2-5-11-22)17-28(26)37-20-23-12-6-3-7-13-23/h2-17H,18-20H2,1H3,(H,33,34). The van der Waals surface area contributed by atoms with Crippen LogP contribution in [-0.2, 0) is 18.0 Å². The molecule has 7 heteroatoms. The van der Waals surface area contributed by atoms with Gasteiger partial charge in [-0.2, -0.15) is 0 Å². The summed E-state index contributed by atoms with van der Waals surface area (Å²) in [6.07, 6.45) is -0.715. The SMILES string of the molecule is Cc1cccc(C(=O)CC(=O)O)c1OC(=O)c1ccc(OCc2ccccc2)cc1OCc1ccccc1. The van der Waals surface area contributed by atoms with Gasteiger partial charge in [0.2, 0.25) is 0 Å². The van der Waals surface area contributed by atoms with Gasteiger partial charge in [-0.1, -0.05) is 72.8 Å². The highest BCUT2D eigenvalue weighted by Gasteiger charge is 2.22. The number of carboxylic acid groups (broad SMARTS) is 1.